The van der Waals surface area contributed by atoms with Crippen molar-refractivity contribution in [3.05, 3.63) is 69.7 Å². The minimum Gasteiger partial charge on any atom is -0.306 e. The van der Waals surface area contributed by atoms with Gasteiger partial charge in [-0.1, -0.05) is 30.7 Å². The van der Waals surface area contributed by atoms with E-state index in [1.165, 1.54) is 12.1 Å². The van der Waals surface area contributed by atoms with E-state index in [0.29, 0.717) is 10.6 Å². The molecule has 4 heteroatoms. The zero-order valence-electron chi connectivity index (χ0n) is 12.1. The highest BCUT2D eigenvalue weighted by atomic mass is 35.5. The van der Waals surface area contributed by atoms with Gasteiger partial charge in [-0.15, -0.1) is 0 Å². The summed E-state index contributed by atoms with van der Waals surface area (Å²) in [6.45, 7) is 4.70. The van der Waals surface area contributed by atoms with Crippen molar-refractivity contribution in [1.82, 2.24) is 5.32 Å². The van der Waals surface area contributed by atoms with Crippen molar-refractivity contribution in [2.45, 2.75) is 26.3 Å². The fourth-order valence-electron chi connectivity index (χ4n) is 2.37. The normalized spacial score (nSPS) is 12.4. The van der Waals surface area contributed by atoms with Crippen LogP contribution >= 0.6 is 11.6 Å². The van der Waals surface area contributed by atoms with Crippen molar-refractivity contribution in [3.8, 4) is 0 Å². The van der Waals surface area contributed by atoms with Gasteiger partial charge in [0, 0.05) is 11.1 Å². The van der Waals surface area contributed by atoms with Crippen LogP contribution < -0.4 is 5.32 Å². The Morgan fingerprint density at radius 3 is 2.43 bits per heavy atom. The lowest BCUT2D eigenvalue weighted by Crippen LogP contribution is -2.24. The number of halogens is 3. The van der Waals surface area contributed by atoms with E-state index in [1.54, 1.807) is 0 Å². The topological polar surface area (TPSA) is 12.0 Å². The highest BCUT2D eigenvalue weighted by Crippen LogP contribution is 2.29. The number of benzene rings is 2. The van der Waals surface area contributed by atoms with E-state index in [-0.39, 0.29) is 6.04 Å². The minimum absolute atomic E-state index is 0.283. The number of nitrogens with one attached hydrogen (secondary N) is 1. The van der Waals surface area contributed by atoms with Crippen molar-refractivity contribution < 1.29 is 8.78 Å². The van der Waals surface area contributed by atoms with Crippen LogP contribution in [0.3, 0.4) is 0 Å². The molecule has 0 aromatic heterocycles. The molecular formula is C17H18ClF2N. The summed E-state index contributed by atoms with van der Waals surface area (Å²) in [5.41, 5.74) is 2.41. The molecule has 2 rings (SSSR count). The van der Waals surface area contributed by atoms with Gasteiger partial charge < -0.3 is 5.32 Å². The Morgan fingerprint density at radius 1 is 1.14 bits per heavy atom. The molecule has 0 aliphatic rings. The van der Waals surface area contributed by atoms with Gasteiger partial charge in [-0.2, -0.15) is 0 Å². The quantitative estimate of drug-likeness (QED) is 0.818. The highest BCUT2D eigenvalue weighted by molar-refractivity contribution is 6.31. The standard InChI is InChI=1S/C17H18ClF2N/c1-3-7-21-17(12-8-13(19)10-14(20)9-12)15-5-4-6-16(18)11(15)2/h4-6,8-10,17,21H,3,7H2,1-2H3. The first-order valence-corrected chi connectivity index (χ1v) is 7.35. The molecule has 0 aliphatic carbocycles. The Kier molecular flexibility index (Phi) is 5.32. The summed E-state index contributed by atoms with van der Waals surface area (Å²) < 4.78 is 27.0. The van der Waals surface area contributed by atoms with Gasteiger partial charge in [0.2, 0.25) is 0 Å². The Bertz CT molecular complexity index is 608. The molecule has 112 valence electrons. The summed E-state index contributed by atoms with van der Waals surface area (Å²) in [5.74, 6) is -1.15. The van der Waals surface area contributed by atoms with Crippen molar-refractivity contribution in [1.29, 1.82) is 0 Å². The smallest absolute Gasteiger partial charge is 0.126 e. The van der Waals surface area contributed by atoms with E-state index < -0.39 is 11.6 Å². The third kappa shape index (κ3) is 3.80. The number of rotatable bonds is 5. The fourth-order valence-corrected chi connectivity index (χ4v) is 2.56. The lowest BCUT2D eigenvalue weighted by atomic mass is 9.94. The molecule has 0 aliphatic heterocycles. The van der Waals surface area contributed by atoms with Gasteiger partial charge in [-0.05, 0) is 54.8 Å². The lowest BCUT2D eigenvalue weighted by Gasteiger charge is -2.22. The van der Waals surface area contributed by atoms with Crippen molar-refractivity contribution in [3.63, 3.8) is 0 Å². The van der Waals surface area contributed by atoms with Gasteiger partial charge in [0.25, 0.3) is 0 Å². The van der Waals surface area contributed by atoms with E-state index in [9.17, 15) is 8.78 Å². The van der Waals surface area contributed by atoms with Gasteiger partial charge in [0.05, 0.1) is 6.04 Å². The van der Waals surface area contributed by atoms with Crippen LogP contribution in [-0.4, -0.2) is 6.54 Å². The van der Waals surface area contributed by atoms with Crippen LogP contribution in [-0.2, 0) is 0 Å². The van der Waals surface area contributed by atoms with E-state index in [2.05, 4.69) is 5.32 Å². The zero-order chi connectivity index (χ0) is 15.4. The summed E-state index contributed by atoms with van der Waals surface area (Å²) in [6.07, 6.45) is 0.925. The molecule has 21 heavy (non-hydrogen) atoms. The lowest BCUT2D eigenvalue weighted by molar-refractivity contribution is 0.557. The Hall–Kier alpha value is -1.45. The summed E-state index contributed by atoms with van der Waals surface area (Å²) in [4.78, 5) is 0. The maximum atomic E-state index is 13.5. The average Bonchev–Trinajstić information content (AvgIpc) is 2.42. The second-order valence-corrected chi connectivity index (χ2v) is 5.45. The molecule has 1 nitrogen and oxygen atoms in total. The fraction of sp³-hybridized carbons (Fsp3) is 0.294. The summed E-state index contributed by atoms with van der Waals surface area (Å²) in [5, 5.41) is 3.98. The van der Waals surface area contributed by atoms with Gasteiger partial charge in [-0.3, -0.25) is 0 Å². The summed E-state index contributed by atoms with van der Waals surface area (Å²) in [6, 6.07) is 8.90. The Labute approximate surface area is 128 Å². The van der Waals surface area contributed by atoms with Gasteiger partial charge in [0.15, 0.2) is 0 Å². The predicted octanol–water partition coefficient (Wildman–Crippen LogP) is 5.02. The molecule has 2 aromatic carbocycles. The van der Waals surface area contributed by atoms with E-state index >= 15 is 0 Å². The minimum atomic E-state index is -0.576. The van der Waals surface area contributed by atoms with Crippen LogP contribution in [0.5, 0.6) is 0 Å². The van der Waals surface area contributed by atoms with E-state index in [4.69, 9.17) is 11.6 Å². The SMILES string of the molecule is CCCNC(c1cc(F)cc(F)c1)c1cccc(Cl)c1C. The molecule has 0 radical (unpaired) electrons. The van der Waals surface area contributed by atoms with Gasteiger partial charge in [0.1, 0.15) is 11.6 Å². The molecular weight excluding hydrogens is 292 g/mol. The number of hydrogen-bond acceptors (Lipinski definition) is 1. The molecule has 0 amide bonds. The Balaban J connectivity index is 2.49. The Morgan fingerprint density at radius 2 is 1.81 bits per heavy atom. The van der Waals surface area contributed by atoms with Crippen LogP contribution in [0.2, 0.25) is 5.02 Å². The predicted molar refractivity (Wildman–Crippen MR) is 82.7 cm³/mol. The summed E-state index contributed by atoms with van der Waals surface area (Å²) in [7, 11) is 0. The third-order valence-electron chi connectivity index (χ3n) is 3.44. The van der Waals surface area contributed by atoms with Crippen LogP contribution in [0.15, 0.2) is 36.4 Å². The van der Waals surface area contributed by atoms with Gasteiger partial charge in [-0.25, -0.2) is 8.78 Å². The molecule has 1 N–H and O–H groups in total. The van der Waals surface area contributed by atoms with E-state index in [0.717, 1.165) is 30.2 Å². The first-order chi connectivity index (χ1) is 10.0. The summed E-state index contributed by atoms with van der Waals surface area (Å²) >= 11 is 6.17. The van der Waals surface area contributed by atoms with Crippen molar-refractivity contribution >= 4 is 11.6 Å². The molecule has 2 aromatic rings. The molecule has 1 atom stereocenters. The second-order valence-electron chi connectivity index (χ2n) is 5.04. The van der Waals surface area contributed by atoms with Crippen LogP contribution in [0.25, 0.3) is 0 Å². The van der Waals surface area contributed by atoms with Crippen LogP contribution in [0.1, 0.15) is 36.1 Å². The average molecular weight is 310 g/mol. The zero-order valence-corrected chi connectivity index (χ0v) is 12.8. The molecule has 0 saturated carbocycles. The first-order valence-electron chi connectivity index (χ1n) is 6.97. The second kappa shape index (κ2) is 7.01. The molecule has 0 bridgehead atoms. The van der Waals surface area contributed by atoms with Crippen LogP contribution in [0, 0.1) is 18.6 Å². The molecule has 1 unspecified atom stereocenters. The third-order valence-corrected chi connectivity index (χ3v) is 3.85. The van der Waals surface area contributed by atoms with Crippen LogP contribution in [0.4, 0.5) is 8.78 Å². The monoisotopic (exact) mass is 309 g/mol. The maximum Gasteiger partial charge on any atom is 0.126 e. The largest absolute Gasteiger partial charge is 0.306 e. The van der Waals surface area contributed by atoms with Crippen molar-refractivity contribution in [2.75, 3.05) is 6.54 Å². The van der Waals surface area contributed by atoms with E-state index in [1.807, 2.05) is 32.0 Å². The molecule has 0 spiro atoms. The highest BCUT2D eigenvalue weighted by Gasteiger charge is 2.18. The maximum absolute atomic E-state index is 13.5. The first kappa shape index (κ1) is 15.9. The van der Waals surface area contributed by atoms with Crippen molar-refractivity contribution in [2.24, 2.45) is 0 Å². The molecule has 0 saturated heterocycles. The number of hydrogen-bond donors (Lipinski definition) is 1. The molecule has 0 fully saturated rings. The van der Waals surface area contributed by atoms with Gasteiger partial charge >= 0.3 is 0 Å². The molecule has 0 heterocycles.